The van der Waals surface area contributed by atoms with Crippen molar-refractivity contribution in [3.8, 4) is 11.5 Å². The van der Waals surface area contributed by atoms with Crippen molar-refractivity contribution in [1.82, 2.24) is 4.90 Å². The van der Waals surface area contributed by atoms with Gasteiger partial charge in [-0.15, -0.1) is 0 Å². The topological polar surface area (TPSA) is 87.1 Å². The lowest BCUT2D eigenvalue weighted by Crippen LogP contribution is -2.32. The summed E-state index contributed by atoms with van der Waals surface area (Å²) in [7, 11) is 0. The average molecular weight is 452 g/mol. The lowest BCUT2D eigenvalue weighted by atomic mass is 10.1. The number of aryl methyl sites for hydroxylation is 1. The van der Waals surface area contributed by atoms with E-state index in [4.69, 9.17) is 9.84 Å². The lowest BCUT2D eigenvalue weighted by molar-refractivity contribution is -0.137. The predicted octanol–water partition coefficient (Wildman–Crippen LogP) is 5.40. The summed E-state index contributed by atoms with van der Waals surface area (Å²) in [6.45, 7) is 2.69. The van der Waals surface area contributed by atoms with Crippen molar-refractivity contribution in [3.05, 3.63) is 71.8 Å². The Morgan fingerprint density at radius 3 is 2.64 bits per heavy atom. The molecule has 1 heterocycles. The number of aliphatic carboxylic acids is 1. The van der Waals surface area contributed by atoms with E-state index < -0.39 is 12.1 Å². The first-order valence-electron chi connectivity index (χ1n) is 11.6. The molecule has 6 nitrogen and oxygen atoms in total. The van der Waals surface area contributed by atoms with Crippen LogP contribution in [0.5, 0.6) is 11.5 Å². The van der Waals surface area contributed by atoms with Crippen LogP contribution in [0.4, 0.5) is 0 Å². The molecule has 2 aromatic rings. The maximum atomic E-state index is 12.3. The first-order valence-corrected chi connectivity index (χ1v) is 11.6. The van der Waals surface area contributed by atoms with Gasteiger partial charge < -0.3 is 19.8 Å². The van der Waals surface area contributed by atoms with E-state index in [2.05, 4.69) is 0 Å². The largest absolute Gasteiger partial charge is 0.481 e. The van der Waals surface area contributed by atoms with Gasteiger partial charge in [0.25, 0.3) is 0 Å². The highest BCUT2D eigenvalue weighted by Crippen LogP contribution is 2.27. The van der Waals surface area contributed by atoms with Crippen LogP contribution in [0.25, 0.3) is 0 Å². The summed E-state index contributed by atoms with van der Waals surface area (Å²) >= 11 is 0. The molecular weight excluding hydrogens is 418 g/mol. The fraction of sp³-hybridized carbons (Fsp3) is 0.407. The lowest BCUT2D eigenvalue weighted by Gasteiger charge is -2.22. The second-order valence-electron chi connectivity index (χ2n) is 8.57. The van der Waals surface area contributed by atoms with Gasteiger partial charge >= 0.3 is 5.97 Å². The molecular formula is C27H33NO5. The first kappa shape index (κ1) is 24.5. The van der Waals surface area contributed by atoms with Gasteiger partial charge in [0.15, 0.2) is 0 Å². The van der Waals surface area contributed by atoms with Crippen molar-refractivity contribution in [2.75, 3.05) is 6.54 Å². The standard InChI is InChI=1S/C27H33NO5/c1-20-10-14-23(15-11-20)33-24-8-6-7-21(19-24)25(29)16-12-22-13-17-26(30)28(22)18-5-3-2-4-9-27(31)32/h6-8,10-12,14-16,19,22,25,29H,2-5,9,13,17-18H2,1H3,(H,31,32)/b16-12+/t22?,25-/m1/s1. The summed E-state index contributed by atoms with van der Waals surface area (Å²) in [6.07, 6.45) is 7.63. The number of nitrogens with zero attached hydrogens (tertiary/aromatic N) is 1. The maximum absolute atomic E-state index is 12.3. The smallest absolute Gasteiger partial charge is 0.303 e. The summed E-state index contributed by atoms with van der Waals surface area (Å²) < 4.78 is 5.90. The van der Waals surface area contributed by atoms with Crippen molar-refractivity contribution in [3.63, 3.8) is 0 Å². The fourth-order valence-electron chi connectivity index (χ4n) is 4.01. The number of aliphatic hydroxyl groups excluding tert-OH is 1. The van der Waals surface area contributed by atoms with Gasteiger partial charge in [-0.2, -0.15) is 0 Å². The number of hydrogen-bond donors (Lipinski definition) is 2. The van der Waals surface area contributed by atoms with Crippen molar-refractivity contribution >= 4 is 11.9 Å². The molecule has 0 aliphatic carbocycles. The van der Waals surface area contributed by atoms with Crippen LogP contribution in [0.1, 0.15) is 62.2 Å². The molecule has 1 unspecified atom stereocenters. The quantitative estimate of drug-likeness (QED) is 0.333. The molecule has 1 saturated heterocycles. The Bertz CT molecular complexity index is 953. The minimum Gasteiger partial charge on any atom is -0.481 e. The van der Waals surface area contributed by atoms with E-state index in [1.807, 2.05) is 66.4 Å². The van der Waals surface area contributed by atoms with Gasteiger partial charge in [0.2, 0.25) is 5.91 Å². The Hall–Kier alpha value is -3.12. The molecule has 1 aliphatic heterocycles. The van der Waals surface area contributed by atoms with Gasteiger partial charge in [0.05, 0.1) is 12.1 Å². The number of amides is 1. The Morgan fingerprint density at radius 1 is 1.12 bits per heavy atom. The van der Waals surface area contributed by atoms with Crippen LogP contribution in [0.2, 0.25) is 0 Å². The molecule has 1 aliphatic rings. The molecule has 0 radical (unpaired) electrons. The predicted molar refractivity (Wildman–Crippen MR) is 127 cm³/mol. The molecule has 1 fully saturated rings. The van der Waals surface area contributed by atoms with Crippen LogP contribution in [0.15, 0.2) is 60.7 Å². The van der Waals surface area contributed by atoms with E-state index in [1.54, 1.807) is 6.08 Å². The zero-order valence-electron chi connectivity index (χ0n) is 19.2. The second kappa shape index (κ2) is 12.2. The Morgan fingerprint density at radius 2 is 1.88 bits per heavy atom. The van der Waals surface area contributed by atoms with Gasteiger partial charge in [-0.05, 0) is 56.0 Å². The zero-order chi connectivity index (χ0) is 23.6. The molecule has 2 N–H and O–H groups in total. The molecule has 2 aromatic carbocycles. The number of carbonyl (C=O) groups excluding carboxylic acids is 1. The highest BCUT2D eigenvalue weighted by Gasteiger charge is 2.28. The zero-order valence-corrected chi connectivity index (χ0v) is 19.2. The number of benzene rings is 2. The molecule has 0 aromatic heterocycles. The van der Waals surface area contributed by atoms with E-state index in [1.165, 1.54) is 0 Å². The second-order valence-corrected chi connectivity index (χ2v) is 8.57. The van der Waals surface area contributed by atoms with Crippen molar-refractivity contribution in [2.45, 2.75) is 64.0 Å². The molecule has 0 bridgehead atoms. The molecule has 2 atom stereocenters. The van der Waals surface area contributed by atoms with E-state index in [-0.39, 0.29) is 18.4 Å². The minimum absolute atomic E-state index is 0.0156. The fourth-order valence-corrected chi connectivity index (χ4v) is 4.01. The van der Waals surface area contributed by atoms with Gasteiger partial charge in [0, 0.05) is 19.4 Å². The number of likely N-dealkylation sites (tertiary alicyclic amines) is 1. The van der Waals surface area contributed by atoms with Crippen LogP contribution < -0.4 is 4.74 Å². The summed E-state index contributed by atoms with van der Waals surface area (Å²) in [5.74, 6) is 0.772. The highest BCUT2D eigenvalue weighted by molar-refractivity contribution is 5.79. The summed E-state index contributed by atoms with van der Waals surface area (Å²) in [4.78, 5) is 24.7. The molecule has 1 amide bonds. The number of unbranched alkanes of at least 4 members (excludes halogenated alkanes) is 3. The van der Waals surface area contributed by atoms with Gasteiger partial charge in [-0.3, -0.25) is 9.59 Å². The van der Waals surface area contributed by atoms with Crippen LogP contribution in [0, 0.1) is 6.92 Å². The number of aliphatic hydroxyl groups is 1. The van der Waals surface area contributed by atoms with Crippen LogP contribution in [-0.2, 0) is 9.59 Å². The van der Waals surface area contributed by atoms with Crippen molar-refractivity contribution < 1.29 is 24.5 Å². The van der Waals surface area contributed by atoms with Gasteiger partial charge in [0.1, 0.15) is 11.5 Å². The Kier molecular flexibility index (Phi) is 9.07. The number of carboxylic acid groups (broad SMARTS) is 1. The molecule has 6 heteroatoms. The first-order chi connectivity index (χ1) is 15.9. The summed E-state index contributed by atoms with van der Waals surface area (Å²) in [6, 6.07) is 15.2. The number of rotatable bonds is 12. The van der Waals surface area contributed by atoms with Gasteiger partial charge in [-0.1, -0.05) is 54.8 Å². The van der Waals surface area contributed by atoms with Crippen LogP contribution >= 0.6 is 0 Å². The third-order valence-electron chi connectivity index (χ3n) is 5.89. The number of carbonyl (C=O) groups is 2. The summed E-state index contributed by atoms with van der Waals surface area (Å²) in [5.41, 5.74) is 1.89. The third-order valence-corrected chi connectivity index (χ3v) is 5.89. The molecule has 3 rings (SSSR count). The van der Waals surface area contributed by atoms with Crippen molar-refractivity contribution in [1.29, 1.82) is 0 Å². The SMILES string of the molecule is Cc1ccc(Oc2cccc([C@H](O)/C=C/C3CCC(=O)N3CCCCCCC(=O)O)c2)cc1. The van der Waals surface area contributed by atoms with Crippen molar-refractivity contribution in [2.24, 2.45) is 0 Å². The molecule has 176 valence electrons. The average Bonchev–Trinajstić information content (AvgIpc) is 3.15. The van der Waals surface area contributed by atoms with E-state index in [0.29, 0.717) is 25.1 Å². The maximum Gasteiger partial charge on any atom is 0.303 e. The molecule has 33 heavy (non-hydrogen) atoms. The molecule has 0 saturated carbocycles. The van der Waals surface area contributed by atoms with Crippen LogP contribution in [0.3, 0.4) is 0 Å². The van der Waals surface area contributed by atoms with Crippen LogP contribution in [-0.4, -0.2) is 39.6 Å². The van der Waals surface area contributed by atoms with E-state index >= 15 is 0 Å². The number of ether oxygens (including phenoxy) is 1. The minimum atomic E-state index is -0.792. The summed E-state index contributed by atoms with van der Waals surface area (Å²) in [5, 5.41) is 19.4. The monoisotopic (exact) mass is 451 g/mol. The highest BCUT2D eigenvalue weighted by atomic mass is 16.5. The Labute approximate surface area is 195 Å². The molecule has 0 spiro atoms. The number of hydrogen-bond acceptors (Lipinski definition) is 4. The van der Waals surface area contributed by atoms with Gasteiger partial charge in [-0.25, -0.2) is 0 Å². The Balaban J connectivity index is 1.53. The third kappa shape index (κ3) is 7.75. The number of carboxylic acids is 1. The van der Waals surface area contributed by atoms with E-state index in [0.717, 1.165) is 42.6 Å². The normalized spacial score (nSPS) is 17.0. The van der Waals surface area contributed by atoms with E-state index in [9.17, 15) is 14.7 Å².